The van der Waals surface area contributed by atoms with E-state index in [0.29, 0.717) is 42.8 Å². The van der Waals surface area contributed by atoms with Gasteiger partial charge in [0.15, 0.2) is 0 Å². The van der Waals surface area contributed by atoms with E-state index in [1.807, 2.05) is 25.3 Å². The van der Waals surface area contributed by atoms with Crippen LogP contribution in [0.15, 0.2) is 12.3 Å². The molecule has 0 aliphatic heterocycles. The van der Waals surface area contributed by atoms with E-state index in [9.17, 15) is 0 Å². The van der Waals surface area contributed by atoms with E-state index < -0.39 is 0 Å². The number of allylic oxidation sites excluding steroid dienone is 1. The molecule has 0 aliphatic rings. The third kappa shape index (κ3) is 1.72. The van der Waals surface area contributed by atoms with E-state index in [0.717, 1.165) is 5.82 Å². The van der Waals surface area contributed by atoms with Gasteiger partial charge in [-0.3, -0.25) is 0 Å². The Morgan fingerprint density at radius 3 is 2.80 bits per heavy atom. The molecule has 1 rings (SSSR count). The molecule has 1 aromatic rings. The van der Waals surface area contributed by atoms with Crippen LogP contribution in [-0.2, 0) is 7.05 Å². The average molecular weight is 348 g/mol. The molecule has 1 heterocycles. The van der Waals surface area contributed by atoms with Gasteiger partial charge in [-0.15, -0.1) is 0 Å². The summed E-state index contributed by atoms with van der Waals surface area (Å²) in [6, 6.07) is 0. The van der Waals surface area contributed by atoms with Crippen molar-refractivity contribution in [3.8, 4) is 0 Å². The molecule has 2 nitrogen and oxygen atoms in total. The first-order valence-electron chi connectivity index (χ1n) is 3.36. The topological polar surface area (TPSA) is 17.8 Å². The summed E-state index contributed by atoms with van der Waals surface area (Å²) in [7, 11) is 2.07. The van der Waals surface area contributed by atoms with Crippen molar-refractivity contribution in [2.75, 3.05) is 0 Å². The molecule has 3 heteroatoms. The number of rotatable bonds is 1. The zero-order chi connectivity index (χ0) is 7.56. The van der Waals surface area contributed by atoms with Crippen molar-refractivity contribution in [3.63, 3.8) is 0 Å². The van der Waals surface area contributed by atoms with Crippen molar-refractivity contribution in [2.45, 2.75) is 6.92 Å². The standard InChI is InChI=1S/C7H9N2.Ra.H/c1-3-4-7-8-5-6-9(7)2;;/h3-5H,1-2H3;;/b4-3-;;. The average Bonchev–Trinajstić information content (AvgIpc) is 2.20. The number of imidazole rings is 1. The Bertz CT molecular complexity index is 250. The molecule has 0 bridgehead atoms. The molecule has 0 spiro atoms. The van der Waals surface area contributed by atoms with Gasteiger partial charge >= 0.3 is 91.2 Å². The van der Waals surface area contributed by atoms with E-state index in [1.54, 1.807) is 0 Å². The van der Waals surface area contributed by atoms with Crippen LogP contribution >= 0.6 is 0 Å². The zero-order valence-electron chi connectivity index (χ0n) is 6.63. The summed E-state index contributed by atoms with van der Waals surface area (Å²) in [6.45, 7) is 2.01. The maximum atomic E-state index is 4.24. The molecular weight excluding hydrogens is 338 g/mol. The Balaban J connectivity index is 3.05. The molecule has 10 heavy (non-hydrogen) atoms. The Kier molecular flexibility index (Phi) is 3.16. The zero-order valence-corrected chi connectivity index (χ0v) is 14.8. The predicted octanol–water partition coefficient (Wildman–Crippen LogP) is 0.360. The predicted molar refractivity (Wildman–Crippen MR) is 38.9 cm³/mol. The molecule has 0 saturated heterocycles. The number of hydrogen-bond acceptors (Lipinski definition) is 1. The summed E-state index contributed by atoms with van der Waals surface area (Å²) in [5, 5.41) is 0. The van der Waals surface area contributed by atoms with Crippen molar-refractivity contribution >= 4 is 6.81 Å². The first kappa shape index (κ1) is 8.51. The Morgan fingerprint density at radius 1 is 1.70 bits per heavy atom. The van der Waals surface area contributed by atoms with E-state index >= 15 is 0 Å². The van der Waals surface area contributed by atoms with Gasteiger partial charge in [0.05, 0.1) is 0 Å². The fourth-order valence-electron chi connectivity index (χ4n) is 0.817. The first-order valence-corrected chi connectivity index (χ1v) is 7.47. The van der Waals surface area contributed by atoms with Gasteiger partial charge in [0.1, 0.15) is 0 Å². The second-order valence-corrected chi connectivity index (χ2v) is 6.53. The van der Waals surface area contributed by atoms with E-state index in [-0.39, 0.29) is 0 Å². The summed E-state index contributed by atoms with van der Waals surface area (Å²) in [5.74, 6) is 1.07. The van der Waals surface area contributed by atoms with Gasteiger partial charge in [0.2, 0.25) is 0 Å². The van der Waals surface area contributed by atoms with Crippen LogP contribution in [-0.4, -0.2) is 9.55 Å². The number of nitrogens with zero attached hydrogens (tertiary/aromatic N) is 2. The summed E-state index contributed by atoms with van der Waals surface area (Å²) in [5.41, 5.74) is 0. The summed E-state index contributed by atoms with van der Waals surface area (Å²) < 4.78 is 3.58. The van der Waals surface area contributed by atoms with Crippen LogP contribution in [0, 0.1) is 42.8 Å². The van der Waals surface area contributed by atoms with Crippen molar-refractivity contribution in [3.05, 3.63) is 18.1 Å². The molecule has 0 unspecified atom stereocenters. The van der Waals surface area contributed by atoms with Gasteiger partial charge in [0.25, 0.3) is 0 Å². The molecule has 0 fully saturated rings. The van der Waals surface area contributed by atoms with Crippen molar-refractivity contribution in [1.29, 1.82) is 0 Å². The van der Waals surface area contributed by atoms with Crippen LogP contribution in [0.1, 0.15) is 12.7 Å². The van der Waals surface area contributed by atoms with Gasteiger partial charge in [0, 0.05) is 0 Å². The van der Waals surface area contributed by atoms with Gasteiger partial charge in [-0.25, -0.2) is 0 Å². The molecule has 0 aromatic carbocycles. The second kappa shape index (κ2) is 3.71. The SMILES string of the molecule is C/C=C\c1nc[c]([RaH])n1C. The Hall–Kier alpha value is 0.418. The van der Waals surface area contributed by atoms with Gasteiger partial charge in [-0.1, -0.05) is 0 Å². The number of aromatic nitrogens is 2. The van der Waals surface area contributed by atoms with E-state index in [1.165, 1.54) is 0.735 Å². The molecule has 50 valence electrons. The molecule has 0 amide bonds. The fraction of sp³-hybridized carbons (Fsp3) is 0.286. The maximum absolute atomic E-state index is 4.24. The molecule has 0 N–H and O–H groups in total. The fourth-order valence-corrected chi connectivity index (χ4v) is 2.29. The number of hydrogen-bond donors (Lipinski definition) is 0. The van der Waals surface area contributed by atoms with Crippen molar-refractivity contribution in [1.82, 2.24) is 9.55 Å². The minimum atomic E-state index is 0.436. The van der Waals surface area contributed by atoms with Crippen LogP contribution < -0.4 is 0.735 Å². The first-order chi connectivity index (χ1) is 4.75. The van der Waals surface area contributed by atoms with E-state index in [2.05, 4.69) is 16.6 Å². The van der Waals surface area contributed by atoms with Gasteiger partial charge < -0.3 is 0 Å². The molecule has 0 atom stereocenters. The monoisotopic (exact) mass is 348 g/mol. The normalized spacial score (nSPS) is 10.9. The van der Waals surface area contributed by atoms with Gasteiger partial charge in [-0.05, 0) is 0 Å². The molecule has 1 aromatic heterocycles. The molecule has 0 aliphatic carbocycles. The second-order valence-electron chi connectivity index (χ2n) is 2.32. The van der Waals surface area contributed by atoms with Crippen LogP contribution in [0.25, 0.3) is 6.08 Å². The molecule has 0 saturated carbocycles. The van der Waals surface area contributed by atoms with Crippen LogP contribution in [0.2, 0.25) is 0 Å². The molecule has 0 radical (unpaired) electrons. The third-order valence-corrected chi connectivity index (χ3v) is 5.39. The van der Waals surface area contributed by atoms with Crippen LogP contribution in [0.4, 0.5) is 0 Å². The molecular formula is C7H10N2Ra. The van der Waals surface area contributed by atoms with Gasteiger partial charge in [-0.2, -0.15) is 0 Å². The van der Waals surface area contributed by atoms with Crippen molar-refractivity contribution < 1.29 is 42.8 Å². The van der Waals surface area contributed by atoms with Crippen molar-refractivity contribution in [2.24, 2.45) is 7.05 Å². The summed E-state index contributed by atoms with van der Waals surface area (Å²) in [6.07, 6.45) is 6.02. The van der Waals surface area contributed by atoms with E-state index in [4.69, 9.17) is 0 Å². The quantitative estimate of drug-likeness (QED) is 0.717. The summed E-state index contributed by atoms with van der Waals surface area (Å²) in [4.78, 5) is 4.24. The minimum absolute atomic E-state index is 0.436. The van der Waals surface area contributed by atoms with Crippen LogP contribution in [0.5, 0.6) is 0 Å². The third-order valence-electron chi connectivity index (χ3n) is 1.57. The van der Waals surface area contributed by atoms with Crippen LogP contribution in [0.3, 0.4) is 0 Å². The Labute approximate surface area is 90.1 Å². The summed E-state index contributed by atoms with van der Waals surface area (Å²) >= 11 is 0.436. The Morgan fingerprint density at radius 2 is 2.40 bits per heavy atom.